The van der Waals surface area contributed by atoms with Crippen LogP contribution in [0.15, 0.2) is 54.7 Å². The van der Waals surface area contributed by atoms with Crippen molar-refractivity contribution in [1.82, 2.24) is 20.3 Å². The van der Waals surface area contributed by atoms with Crippen molar-refractivity contribution in [3.8, 4) is 11.4 Å². The van der Waals surface area contributed by atoms with Gasteiger partial charge in [0, 0.05) is 18.8 Å². The third kappa shape index (κ3) is 5.38. The number of morpholine rings is 1. The zero-order chi connectivity index (χ0) is 21.8. The number of nitrogens with one attached hydrogen (secondary N) is 2. The van der Waals surface area contributed by atoms with E-state index in [0.29, 0.717) is 18.0 Å². The molecular weight excluding hydrogens is 415 g/mol. The van der Waals surface area contributed by atoms with E-state index < -0.39 is 12.3 Å². The van der Waals surface area contributed by atoms with Crippen molar-refractivity contribution < 1.29 is 27.4 Å². The predicted octanol–water partition coefficient (Wildman–Crippen LogP) is 3.08. The second-order valence-electron chi connectivity index (χ2n) is 6.73. The molecule has 11 heteroatoms. The Balaban J connectivity index is 1.39. The van der Waals surface area contributed by atoms with Gasteiger partial charge in [-0.25, -0.2) is 4.68 Å². The van der Waals surface area contributed by atoms with Crippen LogP contribution < -0.4 is 15.4 Å². The van der Waals surface area contributed by atoms with Gasteiger partial charge in [0.1, 0.15) is 5.75 Å². The maximum absolute atomic E-state index is 12.4. The second-order valence-corrected chi connectivity index (χ2v) is 6.73. The molecule has 2 N–H and O–H groups in total. The Labute approximate surface area is 175 Å². The van der Waals surface area contributed by atoms with Crippen molar-refractivity contribution in [2.24, 2.45) is 0 Å². The highest BCUT2D eigenvalue weighted by atomic mass is 19.4. The summed E-state index contributed by atoms with van der Waals surface area (Å²) in [5.41, 5.74) is 2.07. The summed E-state index contributed by atoms with van der Waals surface area (Å²) in [5, 5.41) is 13.7. The Morgan fingerprint density at radius 2 is 1.90 bits per heavy atom. The van der Waals surface area contributed by atoms with Crippen molar-refractivity contribution >= 4 is 11.6 Å². The lowest BCUT2D eigenvalue weighted by Gasteiger charge is -2.24. The second kappa shape index (κ2) is 8.74. The minimum Gasteiger partial charge on any atom is -0.406 e. The van der Waals surface area contributed by atoms with Gasteiger partial charge in [-0.15, -0.1) is 18.3 Å². The molecular formula is C20H18F3N5O3. The van der Waals surface area contributed by atoms with Crippen molar-refractivity contribution in [3.63, 3.8) is 0 Å². The van der Waals surface area contributed by atoms with Crippen LogP contribution in [-0.4, -0.2) is 47.0 Å². The van der Waals surface area contributed by atoms with E-state index in [-0.39, 0.29) is 17.5 Å². The number of rotatable bonds is 5. The minimum absolute atomic E-state index is 0.0219. The fourth-order valence-electron chi connectivity index (χ4n) is 3.05. The average Bonchev–Trinajstić information content (AvgIpc) is 3.25. The van der Waals surface area contributed by atoms with Gasteiger partial charge in [-0.05, 0) is 42.0 Å². The Morgan fingerprint density at radius 1 is 1.16 bits per heavy atom. The van der Waals surface area contributed by atoms with E-state index in [0.717, 1.165) is 30.8 Å². The van der Waals surface area contributed by atoms with Gasteiger partial charge in [0.25, 0.3) is 5.91 Å². The number of aromatic nitrogens is 3. The van der Waals surface area contributed by atoms with Crippen LogP contribution in [0.1, 0.15) is 22.2 Å². The summed E-state index contributed by atoms with van der Waals surface area (Å²) in [5.74, 6) is -0.821. The number of hydrogen-bond acceptors (Lipinski definition) is 6. The quantitative estimate of drug-likeness (QED) is 0.643. The van der Waals surface area contributed by atoms with Crippen molar-refractivity contribution in [3.05, 3.63) is 66.0 Å². The molecule has 1 unspecified atom stereocenters. The summed E-state index contributed by atoms with van der Waals surface area (Å²) in [6.45, 7) is 2.21. The van der Waals surface area contributed by atoms with Gasteiger partial charge in [0.15, 0.2) is 5.69 Å². The molecule has 1 aliphatic heterocycles. The van der Waals surface area contributed by atoms with Gasteiger partial charge in [0.2, 0.25) is 0 Å². The number of alkyl halides is 3. The zero-order valence-corrected chi connectivity index (χ0v) is 16.1. The number of halogens is 3. The highest BCUT2D eigenvalue weighted by Gasteiger charge is 2.31. The first-order valence-electron chi connectivity index (χ1n) is 9.39. The molecule has 0 aliphatic carbocycles. The van der Waals surface area contributed by atoms with Crippen LogP contribution in [0.3, 0.4) is 0 Å². The van der Waals surface area contributed by atoms with Gasteiger partial charge < -0.3 is 20.1 Å². The number of ether oxygens (including phenoxy) is 2. The molecule has 2 heterocycles. The molecule has 2 aromatic carbocycles. The molecule has 0 saturated carbocycles. The number of hydrogen-bond donors (Lipinski definition) is 2. The molecule has 1 amide bonds. The lowest BCUT2D eigenvalue weighted by molar-refractivity contribution is -0.274. The van der Waals surface area contributed by atoms with Crippen LogP contribution in [0.2, 0.25) is 0 Å². The Morgan fingerprint density at radius 3 is 2.55 bits per heavy atom. The van der Waals surface area contributed by atoms with Gasteiger partial charge >= 0.3 is 6.36 Å². The Bertz CT molecular complexity index is 1030. The highest BCUT2D eigenvalue weighted by Crippen LogP contribution is 2.24. The van der Waals surface area contributed by atoms with Crippen LogP contribution in [0, 0.1) is 0 Å². The number of benzene rings is 2. The summed E-state index contributed by atoms with van der Waals surface area (Å²) >= 11 is 0. The zero-order valence-electron chi connectivity index (χ0n) is 16.1. The van der Waals surface area contributed by atoms with Gasteiger partial charge in [-0.2, -0.15) is 0 Å². The van der Waals surface area contributed by atoms with E-state index >= 15 is 0 Å². The summed E-state index contributed by atoms with van der Waals surface area (Å²) < 4.78 is 47.6. The van der Waals surface area contributed by atoms with Crippen LogP contribution in [0.4, 0.5) is 18.9 Å². The topological polar surface area (TPSA) is 90.3 Å². The number of carbonyl (C=O) groups excluding carboxylic acids is 1. The average molecular weight is 433 g/mol. The largest absolute Gasteiger partial charge is 0.573 e. The Kier molecular flexibility index (Phi) is 5.87. The molecule has 1 fully saturated rings. The number of carbonyl (C=O) groups is 1. The van der Waals surface area contributed by atoms with Crippen LogP contribution in [0.5, 0.6) is 5.75 Å². The monoisotopic (exact) mass is 433 g/mol. The van der Waals surface area contributed by atoms with Gasteiger partial charge in [-0.3, -0.25) is 4.79 Å². The summed E-state index contributed by atoms with van der Waals surface area (Å²) in [7, 11) is 0. The molecule has 4 rings (SSSR count). The lowest BCUT2D eigenvalue weighted by atomic mass is 10.1. The molecule has 162 valence electrons. The number of nitrogens with zero attached hydrogens (tertiary/aromatic N) is 3. The maximum atomic E-state index is 12.4. The molecule has 0 spiro atoms. The number of anilines is 1. The van der Waals surface area contributed by atoms with E-state index in [1.807, 2.05) is 12.1 Å². The molecule has 0 radical (unpaired) electrons. The van der Waals surface area contributed by atoms with Gasteiger partial charge in [0.05, 0.1) is 24.6 Å². The fourth-order valence-corrected chi connectivity index (χ4v) is 3.05. The predicted molar refractivity (Wildman–Crippen MR) is 104 cm³/mol. The normalized spacial score (nSPS) is 16.7. The molecule has 1 saturated heterocycles. The highest BCUT2D eigenvalue weighted by molar-refractivity contribution is 6.02. The molecule has 8 nitrogen and oxygen atoms in total. The van der Waals surface area contributed by atoms with E-state index in [1.54, 1.807) is 12.1 Å². The molecule has 1 atom stereocenters. The van der Waals surface area contributed by atoms with E-state index in [9.17, 15) is 18.0 Å². The maximum Gasteiger partial charge on any atom is 0.573 e. The first-order chi connectivity index (χ1) is 14.9. The fraction of sp³-hybridized carbons (Fsp3) is 0.250. The first kappa shape index (κ1) is 20.8. The van der Waals surface area contributed by atoms with Crippen LogP contribution in [-0.2, 0) is 4.74 Å². The smallest absolute Gasteiger partial charge is 0.406 e. The standard InChI is InChI=1S/C20H18F3N5O3/c21-20(22,23)31-16-7-5-15(6-8-16)28-12-17(26-27-28)19(29)25-14-3-1-13(2-4-14)18-11-24-9-10-30-18/h1-8,12,18,24H,9-11H2,(H,25,29). The van der Waals surface area contributed by atoms with Crippen LogP contribution in [0.25, 0.3) is 5.69 Å². The summed E-state index contributed by atoms with van der Waals surface area (Å²) in [4.78, 5) is 12.4. The third-order valence-electron chi connectivity index (χ3n) is 4.53. The van der Waals surface area contributed by atoms with E-state index in [2.05, 4.69) is 25.7 Å². The lowest BCUT2D eigenvalue weighted by Crippen LogP contribution is -2.33. The van der Waals surface area contributed by atoms with Crippen molar-refractivity contribution in [2.45, 2.75) is 12.5 Å². The third-order valence-corrected chi connectivity index (χ3v) is 4.53. The number of amides is 1. The van der Waals surface area contributed by atoms with E-state index in [4.69, 9.17) is 4.74 Å². The molecule has 1 aliphatic rings. The minimum atomic E-state index is -4.77. The molecule has 31 heavy (non-hydrogen) atoms. The Hall–Kier alpha value is -3.44. The summed E-state index contributed by atoms with van der Waals surface area (Å²) in [6, 6.07) is 12.4. The molecule has 3 aromatic rings. The van der Waals surface area contributed by atoms with Crippen molar-refractivity contribution in [2.75, 3.05) is 25.0 Å². The van der Waals surface area contributed by atoms with Crippen molar-refractivity contribution in [1.29, 1.82) is 0 Å². The molecule has 1 aromatic heterocycles. The summed E-state index contributed by atoms with van der Waals surface area (Å²) in [6.07, 6.45) is -3.41. The van der Waals surface area contributed by atoms with Crippen LogP contribution >= 0.6 is 0 Å². The van der Waals surface area contributed by atoms with Gasteiger partial charge in [-0.1, -0.05) is 17.3 Å². The van der Waals surface area contributed by atoms with E-state index in [1.165, 1.54) is 23.0 Å². The SMILES string of the molecule is O=C(Nc1ccc(C2CNCCO2)cc1)c1cn(-c2ccc(OC(F)(F)F)cc2)nn1. The molecule has 0 bridgehead atoms. The first-order valence-corrected chi connectivity index (χ1v) is 9.39.